The Bertz CT molecular complexity index is 460. The van der Waals surface area contributed by atoms with Crippen molar-refractivity contribution in [3.63, 3.8) is 0 Å². The van der Waals surface area contributed by atoms with Gasteiger partial charge in [-0.05, 0) is 19.3 Å². The van der Waals surface area contributed by atoms with E-state index in [1.54, 1.807) is 0 Å². The first kappa shape index (κ1) is 36.8. The summed E-state index contributed by atoms with van der Waals surface area (Å²) in [5.74, 6) is 0. The maximum Gasteiger partial charge on any atom is 0.116 e. The minimum absolute atomic E-state index is 0.00104. The predicted molar refractivity (Wildman–Crippen MR) is 157 cm³/mol. The first-order valence-corrected chi connectivity index (χ1v) is 16.3. The van der Waals surface area contributed by atoms with E-state index in [0.717, 1.165) is 51.4 Å². The van der Waals surface area contributed by atoms with Crippen LogP contribution in [-0.4, -0.2) is 57.6 Å². The fourth-order valence-corrected chi connectivity index (χ4v) is 5.11. The highest BCUT2D eigenvalue weighted by Crippen LogP contribution is 2.26. The third-order valence-electron chi connectivity index (χ3n) is 7.83. The second-order valence-electron chi connectivity index (χ2n) is 11.6. The average Bonchev–Trinajstić information content (AvgIpc) is 2.90. The Hall–Kier alpha value is -0.200. The topological polar surface area (TPSA) is 90.2 Å². The molecule has 0 aliphatic carbocycles. The van der Waals surface area contributed by atoms with Crippen LogP contribution >= 0.6 is 0 Å². The molecule has 4 unspecified atom stereocenters. The van der Waals surface area contributed by atoms with Gasteiger partial charge in [-0.25, -0.2) is 0 Å². The normalized spacial score (nSPS) is 16.0. The molecule has 224 valence electrons. The van der Waals surface area contributed by atoms with Gasteiger partial charge in [-0.3, -0.25) is 0 Å². The van der Waals surface area contributed by atoms with Gasteiger partial charge in [0.1, 0.15) is 17.8 Å². The molecule has 0 heterocycles. The molecule has 0 radical (unpaired) electrons. The molecule has 0 fully saturated rings. The number of rotatable bonds is 29. The molecule has 4 atom stereocenters. The van der Waals surface area contributed by atoms with Gasteiger partial charge in [-0.15, -0.1) is 0 Å². The van der Waals surface area contributed by atoms with Crippen LogP contribution in [-0.2, 0) is 4.74 Å². The zero-order valence-electron chi connectivity index (χ0n) is 25.1. The third kappa shape index (κ3) is 20.4. The van der Waals surface area contributed by atoms with E-state index in [1.807, 2.05) is 0 Å². The van der Waals surface area contributed by atoms with Crippen LogP contribution in [0.15, 0.2) is 0 Å². The highest BCUT2D eigenvalue weighted by molar-refractivity contribution is 4.93. The minimum Gasteiger partial charge on any atom is -0.390 e. The van der Waals surface area contributed by atoms with Gasteiger partial charge in [0.25, 0.3) is 0 Å². The summed E-state index contributed by atoms with van der Waals surface area (Å²) in [5, 5.41) is 43.6. The molecule has 0 amide bonds. The quantitative estimate of drug-likeness (QED) is 0.0739. The molecule has 0 rings (SSSR count). The highest BCUT2D eigenvalue weighted by Gasteiger charge is 2.42. The number of ether oxygens (including phenoxy) is 1. The molecule has 0 saturated carbocycles. The molecule has 5 heteroatoms. The van der Waals surface area contributed by atoms with Gasteiger partial charge in [-0.2, -0.15) is 0 Å². The summed E-state index contributed by atoms with van der Waals surface area (Å²) in [6, 6.07) is 0. The summed E-state index contributed by atoms with van der Waals surface area (Å²) in [6.07, 6.45) is 21.1. The molecular formula is C32H66O5. The van der Waals surface area contributed by atoms with E-state index in [2.05, 4.69) is 20.8 Å². The maximum atomic E-state index is 11.4. The Morgan fingerprint density at radius 1 is 0.541 bits per heavy atom. The van der Waals surface area contributed by atoms with Crippen LogP contribution in [0.5, 0.6) is 0 Å². The van der Waals surface area contributed by atoms with E-state index in [1.165, 1.54) is 83.5 Å². The molecule has 0 spiro atoms. The highest BCUT2D eigenvalue weighted by atomic mass is 16.5. The summed E-state index contributed by atoms with van der Waals surface area (Å²) >= 11 is 0. The van der Waals surface area contributed by atoms with Crippen molar-refractivity contribution in [2.24, 2.45) is 0 Å². The van der Waals surface area contributed by atoms with E-state index in [4.69, 9.17) is 4.74 Å². The fraction of sp³-hybridized carbons (Fsp3) is 1.00. The largest absolute Gasteiger partial charge is 0.390 e. The third-order valence-corrected chi connectivity index (χ3v) is 7.83. The van der Waals surface area contributed by atoms with Crippen LogP contribution in [0.1, 0.15) is 168 Å². The van der Waals surface area contributed by atoms with E-state index in [9.17, 15) is 20.4 Å². The van der Waals surface area contributed by atoms with Gasteiger partial charge in [0, 0.05) is 6.61 Å². The molecule has 4 N–H and O–H groups in total. The molecular weight excluding hydrogens is 464 g/mol. The van der Waals surface area contributed by atoms with Gasteiger partial charge >= 0.3 is 0 Å². The van der Waals surface area contributed by atoms with Gasteiger partial charge in [0.05, 0.1) is 12.7 Å². The zero-order valence-corrected chi connectivity index (χ0v) is 25.1. The van der Waals surface area contributed by atoms with Crippen molar-refractivity contribution in [2.45, 2.75) is 192 Å². The monoisotopic (exact) mass is 530 g/mol. The number of aliphatic hydroxyl groups excluding tert-OH is 3. The van der Waals surface area contributed by atoms with Gasteiger partial charge < -0.3 is 25.2 Å². The van der Waals surface area contributed by atoms with Crippen molar-refractivity contribution in [2.75, 3.05) is 13.2 Å². The lowest BCUT2D eigenvalue weighted by Gasteiger charge is -2.37. The molecule has 37 heavy (non-hydrogen) atoms. The summed E-state index contributed by atoms with van der Waals surface area (Å²) in [7, 11) is 0. The summed E-state index contributed by atoms with van der Waals surface area (Å²) in [6.45, 7) is 7.19. The lowest BCUT2D eigenvalue weighted by molar-refractivity contribution is -0.179. The van der Waals surface area contributed by atoms with Crippen molar-refractivity contribution in [3.8, 4) is 0 Å². The number of hydrogen-bond donors (Lipinski definition) is 4. The number of aliphatic hydroxyl groups is 4. The van der Waals surface area contributed by atoms with Crippen LogP contribution in [0.3, 0.4) is 0 Å². The SMILES string of the molecule is CCCCCCCCCOCC(O)(CCCCCCCCC)C(O)C(O)C(O)CCCCCCCCC. The van der Waals surface area contributed by atoms with Crippen LogP contribution in [0.2, 0.25) is 0 Å². The summed E-state index contributed by atoms with van der Waals surface area (Å²) in [4.78, 5) is 0. The Morgan fingerprint density at radius 2 is 0.946 bits per heavy atom. The molecule has 5 nitrogen and oxygen atoms in total. The van der Waals surface area contributed by atoms with Crippen molar-refractivity contribution in [3.05, 3.63) is 0 Å². The Labute approximate surface area is 230 Å². The van der Waals surface area contributed by atoms with Crippen molar-refractivity contribution >= 4 is 0 Å². The molecule has 0 aliphatic rings. The Balaban J connectivity index is 4.58. The second-order valence-corrected chi connectivity index (χ2v) is 11.6. The van der Waals surface area contributed by atoms with Crippen LogP contribution in [0.4, 0.5) is 0 Å². The molecule has 0 aromatic carbocycles. The maximum absolute atomic E-state index is 11.4. The number of unbranched alkanes of at least 4 members (excludes halogenated alkanes) is 18. The van der Waals surface area contributed by atoms with Gasteiger partial charge in [0.2, 0.25) is 0 Å². The molecule has 0 saturated heterocycles. The fourth-order valence-electron chi connectivity index (χ4n) is 5.11. The lowest BCUT2D eigenvalue weighted by Crippen LogP contribution is -2.55. The van der Waals surface area contributed by atoms with Crippen molar-refractivity contribution < 1.29 is 25.2 Å². The predicted octanol–water partition coefficient (Wildman–Crippen LogP) is 7.85. The standard InChI is InChI=1S/C32H66O5/c1-4-7-10-13-16-19-22-25-29(33)30(34)31(35)32(36,26-23-20-17-14-11-8-5-2)28-37-27-24-21-18-15-12-9-6-3/h29-31,33-36H,4-28H2,1-3H3. The molecule has 0 aromatic heterocycles. The van der Waals surface area contributed by atoms with Crippen molar-refractivity contribution in [1.29, 1.82) is 0 Å². The van der Waals surface area contributed by atoms with Crippen molar-refractivity contribution in [1.82, 2.24) is 0 Å². The minimum atomic E-state index is -1.54. The summed E-state index contributed by atoms with van der Waals surface area (Å²) in [5.41, 5.74) is -1.54. The molecule has 0 aromatic rings. The summed E-state index contributed by atoms with van der Waals surface area (Å²) < 4.78 is 5.83. The van der Waals surface area contributed by atoms with Crippen LogP contribution in [0, 0.1) is 0 Å². The molecule has 0 aliphatic heterocycles. The second kappa shape index (κ2) is 26.0. The molecule has 0 bridgehead atoms. The van der Waals surface area contributed by atoms with E-state index >= 15 is 0 Å². The first-order chi connectivity index (χ1) is 17.9. The average molecular weight is 531 g/mol. The van der Waals surface area contributed by atoms with E-state index in [0.29, 0.717) is 19.4 Å². The van der Waals surface area contributed by atoms with E-state index < -0.39 is 23.9 Å². The van der Waals surface area contributed by atoms with Gasteiger partial charge in [-0.1, -0.05) is 149 Å². The first-order valence-electron chi connectivity index (χ1n) is 16.3. The number of hydrogen-bond acceptors (Lipinski definition) is 5. The Kier molecular flexibility index (Phi) is 25.9. The Morgan fingerprint density at radius 3 is 1.43 bits per heavy atom. The smallest absolute Gasteiger partial charge is 0.116 e. The van der Waals surface area contributed by atoms with Crippen LogP contribution < -0.4 is 0 Å². The van der Waals surface area contributed by atoms with Gasteiger partial charge in [0.15, 0.2) is 0 Å². The van der Waals surface area contributed by atoms with E-state index in [-0.39, 0.29) is 6.61 Å². The lowest BCUT2D eigenvalue weighted by atomic mass is 9.85. The zero-order chi connectivity index (χ0) is 27.6. The van der Waals surface area contributed by atoms with Crippen LogP contribution in [0.25, 0.3) is 0 Å².